The number of fused-ring (bicyclic) bond motifs is 1. The molecule has 0 fully saturated rings. The van der Waals surface area contributed by atoms with E-state index in [1.54, 1.807) is 25.1 Å². The number of aliphatic hydroxyl groups is 1. The summed E-state index contributed by atoms with van der Waals surface area (Å²) in [6, 6.07) is 9.22. The molecular weight excluding hydrogens is 386 g/mol. The number of amides is 2. The molecule has 1 atom stereocenters. The Kier molecular flexibility index (Phi) is 6.19. The molecule has 3 rings (SSSR count). The first-order valence-corrected chi connectivity index (χ1v) is 9.42. The first-order valence-electron chi connectivity index (χ1n) is 9.42. The average Bonchev–Trinajstić information content (AvgIpc) is 3.00. The zero-order valence-corrected chi connectivity index (χ0v) is 16.7. The first kappa shape index (κ1) is 21.1. The van der Waals surface area contributed by atoms with Gasteiger partial charge in [-0.1, -0.05) is 18.9 Å². The molecule has 1 unspecified atom stereocenters. The molecule has 0 spiro atoms. The van der Waals surface area contributed by atoms with Crippen molar-refractivity contribution in [2.45, 2.75) is 26.4 Å². The first-order chi connectivity index (χ1) is 14.4. The fraction of sp³-hybridized carbons (Fsp3) is 0.261. The molecule has 0 aliphatic carbocycles. The number of carbonyl (C=O) groups is 3. The van der Waals surface area contributed by atoms with Gasteiger partial charge in [0.25, 0.3) is 11.8 Å². The summed E-state index contributed by atoms with van der Waals surface area (Å²) in [5.74, 6) is 0.891. The molecule has 1 aliphatic rings. The van der Waals surface area contributed by atoms with Crippen LogP contribution in [0.25, 0.3) is 0 Å². The lowest BCUT2D eigenvalue weighted by Gasteiger charge is -2.18. The van der Waals surface area contributed by atoms with E-state index in [1.165, 1.54) is 18.2 Å². The normalized spacial score (nSPS) is 13.6. The lowest BCUT2D eigenvalue weighted by molar-refractivity contribution is 0.0250. The van der Waals surface area contributed by atoms with Gasteiger partial charge in [-0.2, -0.15) is 0 Å². The summed E-state index contributed by atoms with van der Waals surface area (Å²) in [6.07, 6.45) is 4.94. The molecule has 0 bridgehead atoms. The van der Waals surface area contributed by atoms with Gasteiger partial charge in [-0.3, -0.25) is 9.59 Å². The second-order valence-electron chi connectivity index (χ2n) is 6.83. The second kappa shape index (κ2) is 8.80. The van der Waals surface area contributed by atoms with Crippen LogP contribution in [0.3, 0.4) is 0 Å². The van der Waals surface area contributed by atoms with E-state index in [1.807, 2.05) is 6.92 Å². The van der Waals surface area contributed by atoms with Gasteiger partial charge in [-0.15, -0.1) is 6.42 Å². The largest absolute Gasteiger partial charge is 0.479 e. The monoisotopic (exact) mass is 407 g/mol. The summed E-state index contributed by atoms with van der Waals surface area (Å²) in [6.45, 7) is 3.45. The van der Waals surface area contributed by atoms with Crippen LogP contribution in [-0.4, -0.2) is 42.2 Å². The molecule has 1 heterocycles. The van der Waals surface area contributed by atoms with Crippen molar-refractivity contribution in [1.82, 2.24) is 0 Å². The minimum Gasteiger partial charge on any atom is -0.479 e. The predicted octanol–water partition coefficient (Wildman–Crippen LogP) is 2.74. The van der Waals surface area contributed by atoms with Crippen molar-refractivity contribution in [3.05, 3.63) is 58.7 Å². The Morgan fingerprint density at radius 3 is 2.60 bits per heavy atom. The molecular formula is C23H21NO6. The molecule has 154 valence electrons. The number of imide groups is 1. The van der Waals surface area contributed by atoms with E-state index >= 15 is 0 Å². The lowest BCUT2D eigenvalue weighted by Crippen LogP contribution is -2.29. The number of benzene rings is 2. The number of nitrogens with zero attached hydrogens (tertiary/aromatic N) is 1. The molecule has 0 aromatic heterocycles. The van der Waals surface area contributed by atoms with Crippen LogP contribution in [0, 0.1) is 19.3 Å². The highest BCUT2D eigenvalue weighted by atomic mass is 16.5. The quantitative estimate of drug-likeness (QED) is 0.431. The summed E-state index contributed by atoms with van der Waals surface area (Å²) in [5.41, 5.74) is 1.54. The highest BCUT2D eigenvalue weighted by Gasteiger charge is 2.38. The van der Waals surface area contributed by atoms with Crippen molar-refractivity contribution in [2.24, 2.45) is 0 Å². The van der Waals surface area contributed by atoms with E-state index in [0.29, 0.717) is 12.2 Å². The van der Waals surface area contributed by atoms with E-state index < -0.39 is 23.9 Å². The van der Waals surface area contributed by atoms with Gasteiger partial charge in [0.1, 0.15) is 19.0 Å². The van der Waals surface area contributed by atoms with Gasteiger partial charge in [-0.25, -0.2) is 9.69 Å². The number of aryl methyl sites for hydroxylation is 1. The summed E-state index contributed by atoms with van der Waals surface area (Å²) in [4.78, 5) is 39.2. The lowest BCUT2D eigenvalue weighted by atomic mass is 10.1. The number of hydrogen-bond acceptors (Lipinski definition) is 6. The van der Waals surface area contributed by atoms with Crippen LogP contribution in [0.15, 0.2) is 36.4 Å². The Balaban J connectivity index is 1.91. The fourth-order valence-electron chi connectivity index (χ4n) is 3.00. The minimum absolute atomic E-state index is 0.0147. The van der Waals surface area contributed by atoms with Gasteiger partial charge >= 0.3 is 5.97 Å². The molecule has 1 N–H and O–H groups in total. The number of terminal acetylenes is 1. The molecule has 0 saturated carbocycles. The summed E-state index contributed by atoms with van der Waals surface area (Å²) in [7, 11) is 0. The Bertz CT molecular complexity index is 1050. The second-order valence-corrected chi connectivity index (χ2v) is 6.83. The van der Waals surface area contributed by atoms with Crippen molar-refractivity contribution < 1.29 is 29.0 Å². The van der Waals surface area contributed by atoms with E-state index in [4.69, 9.17) is 15.9 Å². The summed E-state index contributed by atoms with van der Waals surface area (Å²) >= 11 is 0. The Morgan fingerprint density at radius 1 is 1.17 bits per heavy atom. The smallest absolute Gasteiger partial charge is 0.338 e. The number of anilines is 1. The SMILES string of the molecule is C#CCOc1cc(C)ccc1N1C(=O)c2ccc(C(=O)OCC(O)CC)cc2C1=O. The predicted molar refractivity (Wildman–Crippen MR) is 110 cm³/mol. The van der Waals surface area contributed by atoms with Crippen LogP contribution in [-0.2, 0) is 4.74 Å². The van der Waals surface area contributed by atoms with Gasteiger partial charge in [0.2, 0.25) is 0 Å². The molecule has 2 amide bonds. The Morgan fingerprint density at radius 2 is 1.90 bits per heavy atom. The maximum atomic E-state index is 13.0. The van der Waals surface area contributed by atoms with Crippen LogP contribution in [0.4, 0.5) is 5.69 Å². The molecule has 7 heteroatoms. The summed E-state index contributed by atoms with van der Waals surface area (Å²) < 4.78 is 10.6. The molecule has 1 aliphatic heterocycles. The van der Waals surface area contributed by atoms with Crippen LogP contribution in [0.5, 0.6) is 5.75 Å². The third-order valence-electron chi connectivity index (χ3n) is 4.67. The summed E-state index contributed by atoms with van der Waals surface area (Å²) in [5, 5.41) is 9.55. The third kappa shape index (κ3) is 4.04. The zero-order valence-electron chi connectivity index (χ0n) is 16.7. The molecule has 7 nitrogen and oxygen atoms in total. The standard InChI is InChI=1S/C23H21NO6/c1-4-10-29-20-11-14(3)6-9-19(20)24-21(26)17-8-7-15(12-18(17)22(24)27)23(28)30-13-16(25)5-2/h1,6-9,11-12,16,25H,5,10,13H2,2-3H3. The van der Waals surface area contributed by atoms with Crippen molar-refractivity contribution in [2.75, 3.05) is 18.1 Å². The number of rotatable bonds is 7. The maximum absolute atomic E-state index is 13.0. The van der Waals surface area contributed by atoms with Crippen molar-refractivity contribution in [1.29, 1.82) is 0 Å². The number of aliphatic hydroxyl groups excluding tert-OH is 1. The van der Waals surface area contributed by atoms with E-state index in [0.717, 1.165) is 10.5 Å². The number of esters is 1. The van der Waals surface area contributed by atoms with Gasteiger partial charge in [-0.05, 0) is 49.2 Å². The molecule has 2 aromatic rings. The van der Waals surface area contributed by atoms with Gasteiger partial charge in [0, 0.05) is 0 Å². The van der Waals surface area contributed by atoms with Crippen LogP contribution in [0.2, 0.25) is 0 Å². The third-order valence-corrected chi connectivity index (χ3v) is 4.67. The minimum atomic E-state index is -0.759. The average molecular weight is 407 g/mol. The highest BCUT2D eigenvalue weighted by Crippen LogP contribution is 2.36. The van der Waals surface area contributed by atoms with E-state index in [2.05, 4.69) is 5.92 Å². The van der Waals surface area contributed by atoms with Crippen molar-refractivity contribution in [3.63, 3.8) is 0 Å². The van der Waals surface area contributed by atoms with Crippen LogP contribution < -0.4 is 9.64 Å². The Hall–Kier alpha value is -3.63. The number of ether oxygens (including phenoxy) is 2. The van der Waals surface area contributed by atoms with E-state index in [9.17, 15) is 19.5 Å². The van der Waals surface area contributed by atoms with E-state index in [-0.39, 0.29) is 35.6 Å². The maximum Gasteiger partial charge on any atom is 0.338 e. The Labute approximate surface area is 174 Å². The molecule has 0 radical (unpaired) electrons. The van der Waals surface area contributed by atoms with Crippen LogP contribution in [0.1, 0.15) is 50.0 Å². The highest BCUT2D eigenvalue weighted by molar-refractivity contribution is 6.35. The molecule has 0 saturated heterocycles. The topological polar surface area (TPSA) is 93.1 Å². The molecule has 30 heavy (non-hydrogen) atoms. The van der Waals surface area contributed by atoms with Crippen molar-refractivity contribution >= 4 is 23.5 Å². The van der Waals surface area contributed by atoms with Crippen molar-refractivity contribution in [3.8, 4) is 18.1 Å². The van der Waals surface area contributed by atoms with Gasteiger partial charge in [0.15, 0.2) is 0 Å². The fourth-order valence-corrected chi connectivity index (χ4v) is 3.00. The van der Waals surface area contributed by atoms with Crippen LogP contribution >= 0.6 is 0 Å². The molecule has 2 aromatic carbocycles. The van der Waals surface area contributed by atoms with Gasteiger partial charge < -0.3 is 14.6 Å². The number of carbonyl (C=O) groups excluding carboxylic acids is 3. The van der Waals surface area contributed by atoms with Gasteiger partial charge in [0.05, 0.1) is 28.5 Å². The zero-order chi connectivity index (χ0) is 21.8. The number of hydrogen-bond donors (Lipinski definition) is 1.